The molecule has 0 atom stereocenters. The molecule has 2 aromatic carbocycles. The van der Waals surface area contributed by atoms with Gasteiger partial charge in [0.15, 0.2) is 0 Å². The lowest BCUT2D eigenvalue weighted by molar-refractivity contribution is -0.116. The maximum Gasteiger partial charge on any atom is 0.243 e. The van der Waals surface area contributed by atoms with Crippen molar-refractivity contribution < 1.29 is 17.9 Å². The van der Waals surface area contributed by atoms with Crippen molar-refractivity contribution in [2.75, 3.05) is 25.0 Å². The van der Waals surface area contributed by atoms with E-state index in [1.165, 1.54) is 0 Å². The predicted octanol–water partition coefficient (Wildman–Crippen LogP) is 4.21. The van der Waals surface area contributed by atoms with Crippen LogP contribution in [0.3, 0.4) is 0 Å². The Morgan fingerprint density at radius 2 is 1.70 bits per heavy atom. The molecule has 1 aliphatic rings. The summed E-state index contributed by atoms with van der Waals surface area (Å²) in [5.74, 6) is 1.12. The number of piperidine rings is 1. The first-order chi connectivity index (χ1) is 14.4. The Hall–Kier alpha value is -2.38. The molecule has 6 nitrogen and oxygen atoms in total. The number of ether oxygens (including phenoxy) is 1. The van der Waals surface area contributed by atoms with Crippen LogP contribution >= 0.6 is 0 Å². The Balaban J connectivity index is 1.44. The number of nitrogens with zero attached hydrogens (tertiary/aromatic N) is 1. The summed E-state index contributed by atoms with van der Waals surface area (Å²) in [5, 5.41) is 2.91. The van der Waals surface area contributed by atoms with Gasteiger partial charge in [-0.2, -0.15) is 4.31 Å². The van der Waals surface area contributed by atoms with E-state index < -0.39 is 10.0 Å². The van der Waals surface area contributed by atoms with Crippen LogP contribution in [0.15, 0.2) is 53.4 Å². The largest absolute Gasteiger partial charge is 0.494 e. The molecule has 0 saturated carbocycles. The van der Waals surface area contributed by atoms with Gasteiger partial charge in [0.05, 0.1) is 11.5 Å². The lowest BCUT2D eigenvalue weighted by Crippen LogP contribution is -2.38. The monoisotopic (exact) mass is 430 g/mol. The van der Waals surface area contributed by atoms with Gasteiger partial charge in [-0.15, -0.1) is 0 Å². The van der Waals surface area contributed by atoms with Crippen LogP contribution in [-0.4, -0.2) is 38.3 Å². The molecule has 1 aliphatic heterocycles. The van der Waals surface area contributed by atoms with Crippen molar-refractivity contribution >= 4 is 21.6 Å². The molecule has 162 valence electrons. The number of rotatable bonds is 8. The summed E-state index contributed by atoms with van der Waals surface area (Å²) in [6.07, 6.45) is 2.76. The van der Waals surface area contributed by atoms with E-state index in [2.05, 4.69) is 5.32 Å². The fourth-order valence-electron chi connectivity index (χ4n) is 3.66. The van der Waals surface area contributed by atoms with Crippen LogP contribution in [0, 0.1) is 12.8 Å². The van der Waals surface area contributed by atoms with Crippen molar-refractivity contribution in [3.8, 4) is 5.75 Å². The summed E-state index contributed by atoms with van der Waals surface area (Å²) in [7, 11) is -3.44. The number of carbonyl (C=O) groups excluding carboxylic acids is 1. The van der Waals surface area contributed by atoms with Crippen LogP contribution in [0.4, 0.5) is 5.69 Å². The zero-order valence-electron chi connectivity index (χ0n) is 17.6. The average molecular weight is 431 g/mol. The smallest absolute Gasteiger partial charge is 0.243 e. The summed E-state index contributed by atoms with van der Waals surface area (Å²) < 4.78 is 32.5. The van der Waals surface area contributed by atoms with Gasteiger partial charge in [0.1, 0.15) is 5.75 Å². The van der Waals surface area contributed by atoms with Gasteiger partial charge in [-0.25, -0.2) is 8.42 Å². The number of benzene rings is 2. The minimum atomic E-state index is -3.44. The van der Waals surface area contributed by atoms with Crippen LogP contribution < -0.4 is 10.1 Å². The molecule has 2 aromatic rings. The molecular weight excluding hydrogens is 400 g/mol. The van der Waals surface area contributed by atoms with Gasteiger partial charge in [0, 0.05) is 25.2 Å². The van der Waals surface area contributed by atoms with E-state index in [4.69, 9.17) is 4.74 Å². The van der Waals surface area contributed by atoms with E-state index in [0.29, 0.717) is 36.9 Å². The van der Waals surface area contributed by atoms with E-state index >= 15 is 0 Å². The Morgan fingerprint density at radius 1 is 1.07 bits per heavy atom. The minimum absolute atomic E-state index is 0.0196. The Morgan fingerprint density at radius 3 is 2.30 bits per heavy atom. The van der Waals surface area contributed by atoms with E-state index in [1.54, 1.807) is 16.4 Å². The molecule has 30 heavy (non-hydrogen) atoms. The van der Waals surface area contributed by atoms with E-state index in [1.807, 2.05) is 50.2 Å². The lowest BCUT2D eigenvalue weighted by Gasteiger charge is -2.31. The van der Waals surface area contributed by atoms with Crippen molar-refractivity contribution in [3.63, 3.8) is 0 Å². The second-order valence-electron chi connectivity index (χ2n) is 7.70. The maximum absolute atomic E-state index is 12.8. The third-order valence-electron chi connectivity index (χ3n) is 5.46. The molecule has 0 spiro atoms. The van der Waals surface area contributed by atoms with Crippen LogP contribution in [0.5, 0.6) is 5.75 Å². The highest BCUT2D eigenvalue weighted by Gasteiger charge is 2.29. The zero-order chi connectivity index (χ0) is 21.6. The number of nitrogens with one attached hydrogen (secondary N) is 1. The molecule has 1 amide bonds. The van der Waals surface area contributed by atoms with Crippen LogP contribution in [-0.2, 0) is 14.8 Å². The van der Waals surface area contributed by atoms with Crippen molar-refractivity contribution in [2.45, 2.75) is 44.4 Å². The fourth-order valence-corrected chi connectivity index (χ4v) is 5.13. The number of amides is 1. The van der Waals surface area contributed by atoms with Crippen LogP contribution in [0.25, 0.3) is 0 Å². The standard InChI is InChI=1S/C23H30N2O4S/c1-3-29-21-9-7-20(8-10-21)24-23(26)13-6-19-14-16-25(17-15-19)30(27,28)22-11-4-18(2)5-12-22/h4-5,7-12,19H,3,6,13-17H2,1-2H3,(H,24,26). The quantitative estimate of drug-likeness (QED) is 0.681. The molecule has 3 rings (SSSR count). The number of hydrogen-bond donors (Lipinski definition) is 1. The predicted molar refractivity (Wildman–Crippen MR) is 118 cm³/mol. The van der Waals surface area contributed by atoms with Crippen molar-refractivity contribution in [3.05, 3.63) is 54.1 Å². The van der Waals surface area contributed by atoms with E-state index in [9.17, 15) is 13.2 Å². The summed E-state index contributed by atoms with van der Waals surface area (Å²) in [5.41, 5.74) is 1.79. The Labute approximate surface area is 179 Å². The number of aryl methyl sites for hydroxylation is 1. The summed E-state index contributed by atoms with van der Waals surface area (Å²) >= 11 is 0. The Bertz CT molecular complexity index is 932. The summed E-state index contributed by atoms with van der Waals surface area (Å²) in [6.45, 7) is 5.48. The first-order valence-electron chi connectivity index (χ1n) is 10.5. The first-order valence-corrected chi connectivity index (χ1v) is 11.9. The van der Waals surface area contributed by atoms with Gasteiger partial charge in [-0.05, 0) is 75.4 Å². The molecule has 1 fully saturated rings. The maximum atomic E-state index is 12.8. The van der Waals surface area contributed by atoms with Gasteiger partial charge in [0.25, 0.3) is 0 Å². The molecule has 0 radical (unpaired) electrons. The third-order valence-corrected chi connectivity index (χ3v) is 7.37. The topological polar surface area (TPSA) is 75.7 Å². The van der Waals surface area contributed by atoms with Gasteiger partial charge >= 0.3 is 0 Å². The molecule has 0 aliphatic carbocycles. The lowest BCUT2D eigenvalue weighted by atomic mass is 9.93. The van der Waals surface area contributed by atoms with Crippen molar-refractivity contribution in [1.29, 1.82) is 0 Å². The zero-order valence-corrected chi connectivity index (χ0v) is 18.5. The highest BCUT2D eigenvalue weighted by atomic mass is 32.2. The number of anilines is 1. The molecule has 1 N–H and O–H groups in total. The molecule has 1 saturated heterocycles. The number of carbonyl (C=O) groups is 1. The molecule has 0 aromatic heterocycles. The third kappa shape index (κ3) is 5.83. The molecular formula is C23H30N2O4S. The number of hydrogen-bond acceptors (Lipinski definition) is 4. The summed E-state index contributed by atoms with van der Waals surface area (Å²) in [6, 6.07) is 14.3. The average Bonchev–Trinajstić information content (AvgIpc) is 2.74. The van der Waals surface area contributed by atoms with Gasteiger partial charge < -0.3 is 10.1 Å². The Kier molecular flexibility index (Phi) is 7.50. The van der Waals surface area contributed by atoms with E-state index in [-0.39, 0.29) is 5.91 Å². The SMILES string of the molecule is CCOc1ccc(NC(=O)CCC2CCN(S(=O)(=O)c3ccc(C)cc3)CC2)cc1. The van der Waals surface area contributed by atoms with Crippen LogP contribution in [0.2, 0.25) is 0 Å². The second kappa shape index (κ2) is 10.1. The van der Waals surface area contributed by atoms with Crippen molar-refractivity contribution in [2.24, 2.45) is 5.92 Å². The highest BCUT2D eigenvalue weighted by molar-refractivity contribution is 7.89. The van der Waals surface area contributed by atoms with Gasteiger partial charge in [0.2, 0.25) is 15.9 Å². The first kappa shape index (κ1) is 22.3. The van der Waals surface area contributed by atoms with Crippen molar-refractivity contribution in [1.82, 2.24) is 4.31 Å². The van der Waals surface area contributed by atoms with Gasteiger partial charge in [-0.3, -0.25) is 4.79 Å². The molecule has 7 heteroatoms. The van der Waals surface area contributed by atoms with E-state index in [0.717, 1.165) is 36.3 Å². The van der Waals surface area contributed by atoms with Gasteiger partial charge in [-0.1, -0.05) is 17.7 Å². The molecule has 0 bridgehead atoms. The summed E-state index contributed by atoms with van der Waals surface area (Å²) in [4.78, 5) is 12.6. The molecule has 1 heterocycles. The normalized spacial score (nSPS) is 15.7. The van der Waals surface area contributed by atoms with Crippen LogP contribution in [0.1, 0.15) is 38.2 Å². The minimum Gasteiger partial charge on any atom is -0.494 e. The number of sulfonamides is 1. The second-order valence-corrected chi connectivity index (χ2v) is 9.64. The fraction of sp³-hybridized carbons (Fsp3) is 0.435. The molecule has 0 unspecified atom stereocenters. The highest BCUT2D eigenvalue weighted by Crippen LogP contribution is 2.27.